The van der Waals surface area contributed by atoms with Crippen LogP contribution in [0.5, 0.6) is 0 Å². The highest BCUT2D eigenvalue weighted by Crippen LogP contribution is 2.25. The van der Waals surface area contributed by atoms with Crippen LogP contribution in [-0.2, 0) is 10.0 Å². The molecule has 0 unspecified atom stereocenters. The van der Waals surface area contributed by atoms with Crippen molar-refractivity contribution < 1.29 is 8.42 Å². The van der Waals surface area contributed by atoms with Crippen molar-refractivity contribution in [3.8, 4) is 16.4 Å². The number of hydrogen-bond donors (Lipinski definition) is 2. The summed E-state index contributed by atoms with van der Waals surface area (Å²) in [6.07, 6.45) is 0. The molecule has 136 valence electrons. The minimum Gasteiger partial charge on any atom is -0.368 e. The number of thiazole rings is 1. The van der Waals surface area contributed by atoms with Gasteiger partial charge in [0.15, 0.2) is 0 Å². The molecule has 0 bridgehead atoms. The molecule has 2 aromatic carbocycles. The lowest BCUT2D eigenvalue weighted by molar-refractivity contribution is 0.600. The van der Waals surface area contributed by atoms with Gasteiger partial charge in [-0.1, -0.05) is 48.5 Å². The Balaban J connectivity index is 1.62. The Morgan fingerprint density at radius 3 is 2.33 bits per heavy atom. The SMILES string of the molecule is Nc1nc(NS(=O)(=O)c2ccccc2)nn1-c1nc(-c2ccccc2)cs1. The van der Waals surface area contributed by atoms with E-state index in [-0.39, 0.29) is 16.8 Å². The molecule has 0 spiro atoms. The molecule has 0 saturated carbocycles. The number of sulfonamides is 1. The topological polar surface area (TPSA) is 116 Å². The number of nitrogen functional groups attached to an aromatic ring is 1. The fraction of sp³-hybridized carbons (Fsp3) is 0. The monoisotopic (exact) mass is 398 g/mol. The number of nitrogens with two attached hydrogens (primary N) is 1. The molecule has 4 rings (SSSR count). The molecule has 10 heteroatoms. The van der Waals surface area contributed by atoms with Crippen molar-refractivity contribution in [2.45, 2.75) is 4.90 Å². The smallest absolute Gasteiger partial charge is 0.264 e. The van der Waals surface area contributed by atoms with Crippen molar-refractivity contribution in [3.63, 3.8) is 0 Å². The Kier molecular flexibility index (Phi) is 4.34. The van der Waals surface area contributed by atoms with Gasteiger partial charge in [-0.2, -0.15) is 9.67 Å². The largest absolute Gasteiger partial charge is 0.368 e. The van der Waals surface area contributed by atoms with Crippen molar-refractivity contribution in [1.82, 2.24) is 19.7 Å². The van der Waals surface area contributed by atoms with E-state index in [9.17, 15) is 8.42 Å². The number of benzene rings is 2. The molecule has 0 fully saturated rings. The van der Waals surface area contributed by atoms with Crippen LogP contribution in [0.4, 0.5) is 11.9 Å². The van der Waals surface area contributed by atoms with Gasteiger partial charge in [0.2, 0.25) is 11.1 Å². The molecule has 27 heavy (non-hydrogen) atoms. The molecule has 4 aromatic rings. The Hall–Kier alpha value is -3.24. The molecule has 0 amide bonds. The third-order valence-corrected chi connectivity index (χ3v) is 5.81. The normalized spacial score (nSPS) is 11.4. The van der Waals surface area contributed by atoms with E-state index in [1.54, 1.807) is 18.2 Å². The average Bonchev–Trinajstić information content (AvgIpc) is 3.29. The van der Waals surface area contributed by atoms with Gasteiger partial charge in [-0.15, -0.1) is 16.4 Å². The second kappa shape index (κ2) is 6.82. The summed E-state index contributed by atoms with van der Waals surface area (Å²) < 4.78 is 28.4. The van der Waals surface area contributed by atoms with Crippen molar-refractivity contribution in [1.29, 1.82) is 0 Å². The molecule has 0 aliphatic carbocycles. The van der Waals surface area contributed by atoms with Gasteiger partial charge in [-0.3, -0.25) is 0 Å². The summed E-state index contributed by atoms with van der Waals surface area (Å²) in [5.74, 6) is -0.0810. The summed E-state index contributed by atoms with van der Waals surface area (Å²) in [4.78, 5) is 8.60. The van der Waals surface area contributed by atoms with Crippen molar-refractivity contribution in [3.05, 3.63) is 66.0 Å². The Labute approximate surface area is 159 Å². The highest BCUT2D eigenvalue weighted by molar-refractivity contribution is 7.92. The first kappa shape index (κ1) is 17.2. The average molecular weight is 398 g/mol. The molecule has 0 atom stereocenters. The summed E-state index contributed by atoms with van der Waals surface area (Å²) in [5.41, 5.74) is 7.64. The van der Waals surface area contributed by atoms with Crippen LogP contribution in [0.2, 0.25) is 0 Å². The highest BCUT2D eigenvalue weighted by Gasteiger charge is 2.19. The van der Waals surface area contributed by atoms with Gasteiger partial charge < -0.3 is 5.73 Å². The first-order chi connectivity index (χ1) is 13.0. The number of hydrogen-bond acceptors (Lipinski definition) is 7. The van der Waals surface area contributed by atoms with Crippen molar-refractivity contribution >= 4 is 33.3 Å². The van der Waals surface area contributed by atoms with Crippen LogP contribution in [0.3, 0.4) is 0 Å². The summed E-state index contributed by atoms with van der Waals surface area (Å²) in [6.45, 7) is 0. The minimum atomic E-state index is -3.80. The van der Waals surface area contributed by atoms with E-state index >= 15 is 0 Å². The molecule has 0 radical (unpaired) electrons. The van der Waals surface area contributed by atoms with Crippen LogP contribution in [-0.4, -0.2) is 28.2 Å². The van der Waals surface area contributed by atoms with Crippen LogP contribution in [0.15, 0.2) is 70.9 Å². The quantitative estimate of drug-likeness (QED) is 0.534. The lowest BCUT2D eigenvalue weighted by Crippen LogP contribution is -2.14. The van der Waals surface area contributed by atoms with Crippen molar-refractivity contribution in [2.75, 3.05) is 10.5 Å². The van der Waals surface area contributed by atoms with Gasteiger partial charge in [0.05, 0.1) is 10.6 Å². The molecule has 3 N–H and O–H groups in total. The van der Waals surface area contributed by atoms with Crippen molar-refractivity contribution in [2.24, 2.45) is 0 Å². The van der Waals surface area contributed by atoms with Gasteiger partial charge >= 0.3 is 0 Å². The van der Waals surface area contributed by atoms with Crippen LogP contribution in [0.1, 0.15) is 0 Å². The van der Waals surface area contributed by atoms with Crippen LogP contribution < -0.4 is 10.5 Å². The van der Waals surface area contributed by atoms with E-state index in [1.807, 2.05) is 35.7 Å². The standard InChI is InChI=1S/C17H14N6O2S2/c18-15-20-16(22-27(24,25)13-9-5-2-6-10-13)21-23(15)17-19-14(11-26-17)12-7-3-1-4-8-12/h1-11H,(H3,18,20,21,22). The number of rotatable bonds is 5. The third-order valence-electron chi connectivity index (χ3n) is 3.65. The predicted molar refractivity (Wildman–Crippen MR) is 104 cm³/mol. The van der Waals surface area contributed by atoms with Crippen LogP contribution in [0, 0.1) is 0 Å². The maximum Gasteiger partial charge on any atom is 0.264 e. The zero-order chi connectivity index (χ0) is 18.9. The summed E-state index contributed by atoms with van der Waals surface area (Å²) >= 11 is 1.33. The molecular formula is C17H14N6O2S2. The third kappa shape index (κ3) is 3.52. The van der Waals surface area contributed by atoms with E-state index in [0.717, 1.165) is 11.3 Å². The fourth-order valence-electron chi connectivity index (χ4n) is 2.39. The predicted octanol–water partition coefficient (Wildman–Crippen LogP) is 2.77. The molecule has 2 aromatic heterocycles. The number of aromatic nitrogens is 4. The summed E-state index contributed by atoms with van der Waals surface area (Å²) in [6, 6.07) is 17.6. The Morgan fingerprint density at radius 2 is 1.63 bits per heavy atom. The summed E-state index contributed by atoms with van der Waals surface area (Å²) in [7, 11) is -3.80. The number of nitrogens with zero attached hydrogens (tertiary/aromatic N) is 4. The second-order valence-electron chi connectivity index (χ2n) is 5.51. The lowest BCUT2D eigenvalue weighted by atomic mass is 10.2. The number of nitrogens with one attached hydrogen (secondary N) is 1. The van der Waals surface area contributed by atoms with Crippen LogP contribution in [0.25, 0.3) is 16.4 Å². The lowest BCUT2D eigenvalue weighted by Gasteiger charge is -2.03. The zero-order valence-corrected chi connectivity index (χ0v) is 15.5. The maximum absolute atomic E-state index is 12.4. The van der Waals surface area contributed by atoms with E-state index < -0.39 is 10.0 Å². The molecule has 0 aliphatic heterocycles. The molecule has 0 saturated heterocycles. The summed E-state index contributed by atoms with van der Waals surface area (Å²) in [5, 5.41) is 6.50. The van der Waals surface area contributed by atoms with E-state index in [4.69, 9.17) is 5.73 Å². The van der Waals surface area contributed by atoms with Gasteiger partial charge in [0.25, 0.3) is 16.0 Å². The maximum atomic E-state index is 12.4. The highest BCUT2D eigenvalue weighted by atomic mass is 32.2. The Bertz CT molecular complexity index is 1170. The van der Waals surface area contributed by atoms with Gasteiger partial charge in [0, 0.05) is 10.9 Å². The van der Waals surface area contributed by atoms with E-state index in [0.29, 0.717) is 5.13 Å². The number of anilines is 2. The van der Waals surface area contributed by atoms with E-state index in [1.165, 1.54) is 28.2 Å². The fourth-order valence-corrected chi connectivity index (χ4v) is 4.14. The molecule has 2 heterocycles. The van der Waals surface area contributed by atoms with Gasteiger partial charge in [-0.05, 0) is 12.1 Å². The first-order valence-corrected chi connectivity index (χ1v) is 10.2. The second-order valence-corrected chi connectivity index (χ2v) is 8.02. The molecular weight excluding hydrogens is 384 g/mol. The Morgan fingerprint density at radius 1 is 0.963 bits per heavy atom. The molecule has 8 nitrogen and oxygen atoms in total. The first-order valence-electron chi connectivity index (χ1n) is 7.85. The minimum absolute atomic E-state index is 0.0368. The molecule has 0 aliphatic rings. The van der Waals surface area contributed by atoms with Gasteiger partial charge in [-0.25, -0.2) is 18.1 Å². The van der Waals surface area contributed by atoms with E-state index in [2.05, 4.69) is 19.8 Å². The van der Waals surface area contributed by atoms with Gasteiger partial charge in [0.1, 0.15) is 0 Å². The van der Waals surface area contributed by atoms with Crippen LogP contribution >= 0.6 is 11.3 Å². The zero-order valence-electron chi connectivity index (χ0n) is 13.9.